The van der Waals surface area contributed by atoms with Gasteiger partial charge in [0.1, 0.15) is 11.4 Å². The van der Waals surface area contributed by atoms with Crippen molar-refractivity contribution in [1.82, 2.24) is 20.0 Å². The average molecular weight is 484 g/mol. The Bertz CT molecular complexity index is 1100. The topological polar surface area (TPSA) is 93.4 Å². The molecule has 1 aliphatic rings. The number of nitrogens with zero attached hydrogens (tertiary/aromatic N) is 4. The molecule has 31 heavy (non-hydrogen) atoms. The lowest BCUT2D eigenvalue weighted by atomic mass is 9.91. The van der Waals surface area contributed by atoms with E-state index in [1.165, 1.54) is 11.8 Å². The first kappa shape index (κ1) is 21.0. The predicted octanol–water partition coefficient (Wildman–Crippen LogP) is 5.29. The van der Waals surface area contributed by atoms with Gasteiger partial charge in [-0.25, -0.2) is 14.8 Å². The summed E-state index contributed by atoms with van der Waals surface area (Å²) in [4.78, 5) is 22.7. The second-order valence-electron chi connectivity index (χ2n) is 7.40. The zero-order valence-electron chi connectivity index (χ0n) is 17.2. The fourth-order valence-corrected chi connectivity index (χ4v) is 3.61. The SMILES string of the molecule is Cc1oncc1NC(=O)N1CC/C(=C\c2cccc(Oc3ncc(Br)cn3)c2)C(C)C1. The Kier molecular flexibility index (Phi) is 6.31. The van der Waals surface area contributed by atoms with E-state index in [1.54, 1.807) is 19.3 Å². The molecule has 1 aliphatic heterocycles. The van der Waals surface area contributed by atoms with E-state index >= 15 is 0 Å². The van der Waals surface area contributed by atoms with Gasteiger partial charge in [0.2, 0.25) is 0 Å². The molecule has 0 saturated carbocycles. The summed E-state index contributed by atoms with van der Waals surface area (Å²) in [6.45, 7) is 5.19. The number of aromatic nitrogens is 3. The van der Waals surface area contributed by atoms with Gasteiger partial charge >= 0.3 is 12.0 Å². The number of benzene rings is 1. The molecule has 0 radical (unpaired) electrons. The van der Waals surface area contributed by atoms with Gasteiger partial charge < -0.3 is 19.5 Å². The van der Waals surface area contributed by atoms with Crippen molar-refractivity contribution in [2.45, 2.75) is 20.3 Å². The highest BCUT2D eigenvalue weighted by Crippen LogP contribution is 2.27. The Morgan fingerprint density at radius 2 is 2.13 bits per heavy atom. The lowest BCUT2D eigenvalue weighted by Gasteiger charge is -2.33. The molecule has 2 aromatic heterocycles. The quantitative estimate of drug-likeness (QED) is 0.541. The molecule has 3 heterocycles. The van der Waals surface area contributed by atoms with Crippen molar-refractivity contribution in [3.05, 3.63) is 64.2 Å². The molecule has 4 rings (SSSR count). The number of carbonyl (C=O) groups excluding carboxylic acids is 1. The molecule has 1 N–H and O–H groups in total. The lowest BCUT2D eigenvalue weighted by molar-refractivity contribution is 0.197. The second kappa shape index (κ2) is 9.30. The van der Waals surface area contributed by atoms with Crippen molar-refractivity contribution in [2.24, 2.45) is 5.92 Å². The smallest absolute Gasteiger partial charge is 0.322 e. The molecule has 3 aromatic rings. The van der Waals surface area contributed by atoms with Crippen LogP contribution < -0.4 is 10.1 Å². The van der Waals surface area contributed by atoms with Crippen LogP contribution in [0.2, 0.25) is 0 Å². The molecule has 1 aromatic carbocycles. The maximum absolute atomic E-state index is 12.6. The fraction of sp³-hybridized carbons (Fsp3) is 0.273. The van der Waals surface area contributed by atoms with Crippen molar-refractivity contribution < 1.29 is 14.1 Å². The Morgan fingerprint density at radius 3 is 2.84 bits per heavy atom. The average Bonchev–Trinajstić information content (AvgIpc) is 3.16. The van der Waals surface area contributed by atoms with Gasteiger partial charge in [-0.15, -0.1) is 0 Å². The minimum Gasteiger partial charge on any atom is -0.424 e. The van der Waals surface area contributed by atoms with Crippen LogP contribution in [0.5, 0.6) is 11.8 Å². The molecular weight excluding hydrogens is 462 g/mol. The van der Waals surface area contributed by atoms with Crippen LogP contribution in [0, 0.1) is 12.8 Å². The molecule has 160 valence electrons. The van der Waals surface area contributed by atoms with E-state index in [2.05, 4.69) is 49.4 Å². The standard InChI is InChI=1S/C22H22BrN5O3/c1-14-13-28(22(29)27-20-12-26-31-15(20)2)7-6-17(14)8-16-4-3-5-19(9-16)30-21-24-10-18(23)11-25-21/h3-5,8-12,14H,6-7,13H2,1-2H3,(H,27,29)/b17-8+. The first-order valence-corrected chi connectivity index (χ1v) is 10.7. The molecule has 9 heteroatoms. The molecule has 2 amide bonds. The van der Waals surface area contributed by atoms with E-state index in [1.807, 2.05) is 29.2 Å². The highest BCUT2D eigenvalue weighted by Gasteiger charge is 2.25. The molecule has 1 atom stereocenters. The van der Waals surface area contributed by atoms with Gasteiger partial charge in [-0.3, -0.25) is 0 Å². The first-order chi connectivity index (χ1) is 15.0. The van der Waals surface area contributed by atoms with Crippen LogP contribution in [0.3, 0.4) is 0 Å². The van der Waals surface area contributed by atoms with Crippen LogP contribution >= 0.6 is 15.9 Å². The summed E-state index contributed by atoms with van der Waals surface area (Å²) in [6.07, 6.45) is 7.77. The maximum Gasteiger partial charge on any atom is 0.322 e. The minimum absolute atomic E-state index is 0.137. The van der Waals surface area contributed by atoms with E-state index < -0.39 is 0 Å². The second-order valence-corrected chi connectivity index (χ2v) is 8.32. The number of halogens is 1. The number of hydrogen-bond acceptors (Lipinski definition) is 6. The van der Waals surface area contributed by atoms with E-state index in [-0.39, 0.29) is 11.9 Å². The van der Waals surface area contributed by atoms with Crippen LogP contribution in [-0.4, -0.2) is 39.1 Å². The van der Waals surface area contributed by atoms with Crippen molar-refractivity contribution in [1.29, 1.82) is 0 Å². The van der Waals surface area contributed by atoms with Crippen LogP contribution in [0.1, 0.15) is 24.7 Å². The van der Waals surface area contributed by atoms with Crippen molar-refractivity contribution >= 4 is 33.7 Å². The summed E-state index contributed by atoms with van der Waals surface area (Å²) in [7, 11) is 0. The van der Waals surface area contributed by atoms with Gasteiger partial charge in [0, 0.05) is 25.5 Å². The number of likely N-dealkylation sites (tertiary alicyclic amines) is 1. The van der Waals surface area contributed by atoms with E-state index in [0.29, 0.717) is 36.3 Å². The van der Waals surface area contributed by atoms with Gasteiger partial charge in [0.25, 0.3) is 0 Å². The Labute approximate surface area is 188 Å². The number of amides is 2. The highest BCUT2D eigenvalue weighted by molar-refractivity contribution is 9.10. The number of rotatable bonds is 4. The molecule has 0 spiro atoms. The third-order valence-corrected chi connectivity index (χ3v) is 5.50. The van der Waals surface area contributed by atoms with Gasteiger partial charge in [-0.1, -0.05) is 35.9 Å². The van der Waals surface area contributed by atoms with E-state index in [4.69, 9.17) is 9.26 Å². The van der Waals surface area contributed by atoms with Crippen LogP contribution in [0.25, 0.3) is 6.08 Å². The fourth-order valence-electron chi connectivity index (χ4n) is 3.40. The first-order valence-electron chi connectivity index (χ1n) is 9.91. The van der Waals surface area contributed by atoms with Crippen LogP contribution in [0.15, 0.2) is 57.4 Å². The highest BCUT2D eigenvalue weighted by atomic mass is 79.9. The Morgan fingerprint density at radius 1 is 1.32 bits per heavy atom. The summed E-state index contributed by atoms with van der Waals surface area (Å²) >= 11 is 3.31. The molecule has 1 unspecified atom stereocenters. The summed E-state index contributed by atoms with van der Waals surface area (Å²) in [5.74, 6) is 1.50. The predicted molar refractivity (Wildman–Crippen MR) is 120 cm³/mol. The molecule has 0 bridgehead atoms. The van der Waals surface area contributed by atoms with Gasteiger partial charge in [-0.05, 0) is 52.9 Å². The normalized spacial score (nSPS) is 17.6. The zero-order valence-corrected chi connectivity index (χ0v) is 18.8. The summed E-state index contributed by atoms with van der Waals surface area (Å²) in [5, 5.41) is 6.55. The number of aryl methyl sites for hydroxylation is 1. The summed E-state index contributed by atoms with van der Waals surface area (Å²) < 4.78 is 11.5. The maximum atomic E-state index is 12.6. The molecule has 1 saturated heterocycles. The molecule has 1 fully saturated rings. The van der Waals surface area contributed by atoms with Crippen LogP contribution in [0.4, 0.5) is 10.5 Å². The molecule has 8 nitrogen and oxygen atoms in total. The van der Waals surface area contributed by atoms with E-state index in [0.717, 1.165) is 16.5 Å². The molecule has 0 aliphatic carbocycles. The third kappa shape index (κ3) is 5.29. The number of ether oxygens (including phenoxy) is 1. The lowest BCUT2D eigenvalue weighted by Crippen LogP contribution is -2.42. The largest absolute Gasteiger partial charge is 0.424 e. The number of piperidine rings is 1. The summed E-state index contributed by atoms with van der Waals surface area (Å²) in [6, 6.07) is 7.96. The van der Waals surface area contributed by atoms with Crippen molar-refractivity contribution in [3.63, 3.8) is 0 Å². The van der Waals surface area contributed by atoms with E-state index in [9.17, 15) is 4.79 Å². The Balaban J connectivity index is 1.40. The van der Waals surface area contributed by atoms with Gasteiger partial charge in [-0.2, -0.15) is 0 Å². The van der Waals surface area contributed by atoms with Crippen molar-refractivity contribution in [2.75, 3.05) is 18.4 Å². The minimum atomic E-state index is -0.137. The van der Waals surface area contributed by atoms with Crippen LogP contribution in [-0.2, 0) is 0 Å². The number of carbonyl (C=O) groups is 1. The number of urea groups is 1. The van der Waals surface area contributed by atoms with Gasteiger partial charge in [0.05, 0.1) is 10.7 Å². The number of hydrogen-bond donors (Lipinski definition) is 1. The number of nitrogens with one attached hydrogen (secondary N) is 1. The van der Waals surface area contributed by atoms with Gasteiger partial charge in [0.15, 0.2) is 5.76 Å². The summed E-state index contributed by atoms with van der Waals surface area (Å²) in [5.41, 5.74) is 2.93. The third-order valence-electron chi connectivity index (χ3n) is 5.09. The Hall–Kier alpha value is -3.20. The monoisotopic (exact) mass is 483 g/mol. The zero-order chi connectivity index (χ0) is 21.8. The number of anilines is 1. The van der Waals surface area contributed by atoms with Crippen molar-refractivity contribution in [3.8, 4) is 11.8 Å². The molecular formula is C22H22BrN5O3.